The first-order valence-electron chi connectivity index (χ1n) is 7.27. The summed E-state index contributed by atoms with van der Waals surface area (Å²) in [5.74, 6) is 0.00564. The van der Waals surface area contributed by atoms with E-state index in [0.717, 1.165) is 11.3 Å². The summed E-state index contributed by atoms with van der Waals surface area (Å²) in [6.07, 6.45) is 0.980. The highest BCUT2D eigenvalue weighted by Gasteiger charge is 2.33. The molecule has 4 nitrogen and oxygen atoms in total. The topological polar surface area (TPSA) is 49.4 Å². The maximum Gasteiger partial charge on any atom is 0.241 e. The number of hydrogen-bond acceptors (Lipinski definition) is 4. The van der Waals surface area contributed by atoms with Gasteiger partial charge in [0.1, 0.15) is 4.32 Å². The molecule has 22 heavy (non-hydrogen) atoms. The van der Waals surface area contributed by atoms with Gasteiger partial charge in [0.15, 0.2) is 0 Å². The molecule has 0 spiro atoms. The maximum absolute atomic E-state index is 12.0. The minimum absolute atomic E-state index is 0.0403. The fourth-order valence-corrected chi connectivity index (χ4v) is 3.67. The van der Waals surface area contributed by atoms with Crippen molar-refractivity contribution >= 4 is 45.8 Å². The number of thioether (sulfide) groups is 1. The van der Waals surface area contributed by atoms with E-state index >= 15 is 0 Å². The Hall–Kier alpha value is -1.40. The molecule has 1 aliphatic heterocycles. The second-order valence-electron chi connectivity index (χ2n) is 5.47. The number of nitrogens with zero attached hydrogens (tertiary/aromatic N) is 1. The van der Waals surface area contributed by atoms with E-state index in [0.29, 0.717) is 23.7 Å². The van der Waals surface area contributed by atoms with Gasteiger partial charge in [-0.15, -0.1) is 0 Å². The lowest BCUT2D eigenvalue weighted by molar-refractivity contribution is -0.126. The van der Waals surface area contributed by atoms with Crippen LogP contribution in [-0.4, -0.2) is 32.8 Å². The Kier molecular flexibility index (Phi) is 5.58. The molecule has 1 fully saturated rings. The number of anilines is 1. The van der Waals surface area contributed by atoms with E-state index in [1.807, 2.05) is 39.0 Å². The fourth-order valence-electron chi connectivity index (χ4n) is 2.22. The Morgan fingerprint density at radius 3 is 2.68 bits per heavy atom. The van der Waals surface area contributed by atoms with Gasteiger partial charge >= 0.3 is 0 Å². The van der Waals surface area contributed by atoms with Crippen LogP contribution in [0.4, 0.5) is 5.69 Å². The molecular formula is C16H20N2O2S2. The van der Waals surface area contributed by atoms with Crippen LogP contribution in [-0.2, 0) is 9.59 Å². The average molecular weight is 336 g/mol. The Balaban J connectivity index is 1.79. The van der Waals surface area contributed by atoms with Crippen LogP contribution in [0.2, 0.25) is 0 Å². The quantitative estimate of drug-likeness (QED) is 0.839. The number of carbonyl (C=O) groups excluding carboxylic acids is 2. The molecule has 1 unspecified atom stereocenters. The summed E-state index contributed by atoms with van der Waals surface area (Å²) in [6.45, 7) is 6.42. The summed E-state index contributed by atoms with van der Waals surface area (Å²) < 4.78 is 0.618. The van der Waals surface area contributed by atoms with E-state index in [2.05, 4.69) is 5.32 Å². The van der Waals surface area contributed by atoms with Gasteiger partial charge in [-0.25, -0.2) is 0 Å². The Morgan fingerprint density at radius 1 is 1.36 bits per heavy atom. The van der Waals surface area contributed by atoms with Gasteiger partial charge in [0, 0.05) is 18.7 Å². The van der Waals surface area contributed by atoms with Crippen molar-refractivity contribution in [1.29, 1.82) is 0 Å². The molecule has 2 rings (SSSR count). The van der Waals surface area contributed by atoms with Crippen molar-refractivity contribution in [3.63, 3.8) is 0 Å². The number of hydrogen-bond donors (Lipinski definition) is 1. The van der Waals surface area contributed by atoms with Crippen LogP contribution in [0.25, 0.3) is 0 Å². The molecule has 1 atom stereocenters. The Bertz CT molecular complexity index is 616. The van der Waals surface area contributed by atoms with Gasteiger partial charge in [-0.3, -0.25) is 14.5 Å². The fraction of sp³-hybridized carbons (Fsp3) is 0.438. The number of rotatable bonds is 5. The molecular weight excluding hydrogens is 316 g/mol. The van der Waals surface area contributed by atoms with Gasteiger partial charge in [0.2, 0.25) is 11.8 Å². The first-order valence-corrected chi connectivity index (χ1v) is 8.56. The second-order valence-corrected chi connectivity index (χ2v) is 7.44. The summed E-state index contributed by atoms with van der Waals surface area (Å²) in [4.78, 5) is 25.4. The summed E-state index contributed by atoms with van der Waals surface area (Å²) >= 11 is 6.58. The van der Waals surface area contributed by atoms with E-state index < -0.39 is 0 Å². The zero-order valence-corrected chi connectivity index (χ0v) is 14.6. The molecule has 1 aromatic rings. The third-order valence-corrected chi connectivity index (χ3v) is 5.17. The van der Waals surface area contributed by atoms with Gasteiger partial charge in [-0.1, -0.05) is 30.0 Å². The van der Waals surface area contributed by atoms with Crippen molar-refractivity contribution in [3.05, 3.63) is 29.3 Å². The largest absolute Gasteiger partial charge is 0.326 e. The highest BCUT2D eigenvalue weighted by Crippen LogP contribution is 2.26. The third-order valence-electron chi connectivity index (χ3n) is 3.69. The molecule has 1 aromatic carbocycles. The van der Waals surface area contributed by atoms with Crippen molar-refractivity contribution in [2.24, 2.45) is 0 Å². The molecule has 1 heterocycles. The number of thiocarbonyl (C=S) groups is 1. The molecule has 0 aliphatic carbocycles. The number of nitrogens with one attached hydrogen (secondary N) is 1. The molecule has 6 heteroatoms. The first-order chi connectivity index (χ1) is 10.4. The van der Waals surface area contributed by atoms with Crippen LogP contribution in [0.1, 0.15) is 30.9 Å². The predicted molar refractivity (Wildman–Crippen MR) is 95.1 cm³/mol. The van der Waals surface area contributed by atoms with Gasteiger partial charge in [0.05, 0.1) is 5.25 Å². The SMILES string of the molecule is Cc1ccc(NC(=O)CCCN2C(=O)C(C)SC2=S)cc1C. The van der Waals surface area contributed by atoms with Crippen LogP contribution < -0.4 is 5.32 Å². The lowest BCUT2D eigenvalue weighted by Gasteiger charge is -2.15. The number of benzene rings is 1. The van der Waals surface area contributed by atoms with Crippen LogP contribution in [0.5, 0.6) is 0 Å². The molecule has 0 bridgehead atoms. The predicted octanol–water partition coefficient (Wildman–Crippen LogP) is 3.27. The van der Waals surface area contributed by atoms with E-state index in [1.54, 1.807) is 4.90 Å². The van der Waals surface area contributed by atoms with Crippen molar-refractivity contribution < 1.29 is 9.59 Å². The molecule has 0 radical (unpaired) electrons. The normalized spacial score (nSPS) is 18.0. The standard InChI is InChI=1S/C16H20N2O2S2/c1-10-6-7-13(9-11(10)2)17-14(19)5-4-8-18-15(20)12(3)22-16(18)21/h6-7,9,12H,4-5,8H2,1-3H3,(H,17,19). The molecule has 0 aromatic heterocycles. The monoisotopic (exact) mass is 336 g/mol. The number of amides is 2. The average Bonchev–Trinajstić information content (AvgIpc) is 2.69. The molecule has 1 saturated heterocycles. The smallest absolute Gasteiger partial charge is 0.241 e. The lowest BCUT2D eigenvalue weighted by atomic mass is 10.1. The van der Waals surface area contributed by atoms with E-state index in [1.165, 1.54) is 17.3 Å². The molecule has 0 saturated carbocycles. The number of aryl methyl sites for hydroxylation is 2. The lowest BCUT2D eigenvalue weighted by Crippen LogP contribution is -2.32. The van der Waals surface area contributed by atoms with Crippen molar-refractivity contribution in [1.82, 2.24) is 4.90 Å². The van der Waals surface area contributed by atoms with Crippen molar-refractivity contribution in [3.8, 4) is 0 Å². The summed E-state index contributed by atoms with van der Waals surface area (Å²) in [5, 5.41) is 2.79. The second kappa shape index (κ2) is 7.24. The zero-order chi connectivity index (χ0) is 16.3. The van der Waals surface area contributed by atoms with Crippen LogP contribution in [0.3, 0.4) is 0 Å². The first kappa shape index (κ1) is 17.0. The van der Waals surface area contributed by atoms with Crippen LogP contribution in [0, 0.1) is 13.8 Å². The highest BCUT2D eigenvalue weighted by atomic mass is 32.2. The summed E-state index contributed by atoms with van der Waals surface area (Å²) in [6, 6.07) is 5.85. The third kappa shape index (κ3) is 4.08. The van der Waals surface area contributed by atoms with Gasteiger partial charge in [0.25, 0.3) is 0 Å². The van der Waals surface area contributed by atoms with Crippen LogP contribution in [0.15, 0.2) is 18.2 Å². The highest BCUT2D eigenvalue weighted by molar-refractivity contribution is 8.24. The van der Waals surface area contributed by atoms with E-state index in [4.69, 9.17) is 12.2 Å². The van der Waals surface area contributed by atoms with Crippen LogP contribution >= 0.6 is 24.0 Å². The zero-order valence-electron chi connectivity index (χ0n) is 13.0. The van der Waals surface area contributed by atoms with Gasteiger partial charge in [-0.2, -0.15) is 0 Å². The summed E-state index contributed by atoms with van der Waals surface area (Å²) in [7, 11) is 0. The Morgan fingerprint density at radius 2 is 2.09 bits per heavy atom. The minimum atomic E-state index is -0.100. The molecule has 1 N–H and O–H groups in total. The van der Waals surface area contributed by atoms with Gasteiger partial charge in [-0.05, 0) is 50.5 Å². The van der Waals surface area contributed by atoms with Gasteiger partial charge < -0.3 is 5.32 Å². The molecule has 118 valence electrons. The summed E-state index contributed by atoms with van der Waals surface area (Å²) in [5.41, 5.74) is 3.16. The van der Waals surface area contributed by atoms with E-state index in [-0.39, 0.29) is 17.1 Å². The van der Waals surface area contributed by atoms with E-state index in [9.17, 15) is 9.59 Å². The number of carbonyl (C=O) groups is 2. The molecule has 1 aliphatic rings. The van der Waals surface area contributed by atoms with Crippen molar-refractivity contribution in [2.45, 2.75) is 38.9 Å². The minimum Gasteiger partial charge on any atom is -0.326 e. The maximum atomic E-state index is 12.0. The molecule has 2 amide bonds. The van der Waals surface area contributed by atoms with Crippen molar-refractivity contribution in [2.75, 3.05) is 11.9 Å². The Labute approximate surface area is 140 Å².